The molecule has 1 fully saturated rings. The Morgan fingerprint density at radius 1 is 1.28 bits per heavy atom. The molecule has 268 valence electrons. The number of rotatable bonds is 6. The van der Waals surface area contributed by atoms with E-state index >= 15 is 4.39 Å². The topological polar surface area (TPSA) is 233 Å². The van der Waals surface area contributed by atoms with Crippen LogP contribution in [0.3, 0.4) is 0 Å². The molecule has 2 aliphatic heterocycles. The maximum atomic E-state index is 16.4. The summed E-state index contributed by atoms with van der Waals surface area (Å²) >= 11 is 9.79. The summed E-state index contributed by atoms with van der Waals surface area (Å²) in [5.74, 6) is -0.821. The summed E-state index contributed by atoms with van der Waals surface area (Å²) in [5.41, 5.74) is -0.177. The van der Waals surface area contributed by atoms with Crippen molar-refractivity contribution in [2.75, 3.05) is 25.1 Å². The van der Waals surface area contributed by atoms with Crippen LogP contribution in [0, 0.1) is 17.2 Å². The van der Waals surface area contributed by atoms with E-state index < -0.39 is 74.8 Å². The maximum absolute atomic E-state index is 16.4. The highest BCUT2D eigenvalue weighted by atomic mass is 32.7. The second-order valence-corrected chi connectivity index (χ2v) is 17.3. The summed E-state index contributed by atoms with van der Waals surface area (Å²) in [6.45, 7) is -4.16. The molecule has 0 radical (unpaired) electrons. The van der Waals surface area contributed by atoms with Crippen LogP contribution < -0.4 is 10.9 Å². The third-order valence-electron chi connectivity index (χ3n) is 7.55. The van der Waals surface area contributed by atoms with Crippen molar-refractivity contribution in [1.82, 2.24) is 39.0 Å². The van der Waals surface area contributed by atoms with E-state index in [2.05, 4.69) is 47.5 Å². The number of hydrogen-bond donors (Lipinski definition) is 3. The van der Waals surface area contributed by atoms with E-state index in [-0.39, 0.29) is 42.6 Å². The minimum absolute atomic E-state index is 0.0223. The molecule has 7 atom stereocenters. The molecule has 0 spiro atoms. The fraction of sp³-hybridized carbons (Fsp3) is 0.538. The molecule has 1 amide bonds. The van der Waals surface area contributed by atoms with Crippen molar-refractivity contribution in [2.45, 2.75) is 64.4 Å². The van der Waals surface area contributed by atoms with Gasteiger partial charge in [-0.15, -0.1) is 0 Å². The molecule has 2 bridgehead atoms. The van der Waals surface area contributed by atoms with Crippen molar-refractivity contribution in [3.05, 3.63) is 35.0 Å². The number of halogens is 1. The van der Waals surface area contributed by atoms with Gasteiger partial charge in [-0.25, -0.2) is 28.9 Å². The number of nitrogens with zero attached hydrogens (tertiary/aromatic N) is 8. The van der Waals surface area contributed by atoms with Gasteiger partial charge in [-0.05, 0) is 18.7 Å². The van der Waals surface area contributed by atoms with Crippen LogP contribution in [0.15, 0.2) is 23.6 Å². The van der Waals surface area contributed by atoms with Gasteiger partial charge >= 0.3 is 13.5 Å². The molecule has 0 aromatic carbocycles. The zero-order valence-electron chi connectivity index (χ0n) is 26.6. The van der Waals surface area contributed by atoms with Gasteiger partial charge in [0.2, 0.25) is 11.9 Å². The second kappa shape index (κ2) is 14.8. The van der Waals surface area contributed by atoms with Gasteiger partial charge in [-0.2, -0.15) is 10.2 Å². The Bertz CT molecular complexity index is 2110. The molecular weight excluding hydrogens is 741 g/mol. The zero-order chi connectivity index (χ0) is 35.8. The Morgan fingerprint density at radius 2 is 2.06 bits per heavy atom. The first kappa shape index (κ1) is 36.6. The number of fused-ring (bicyclic) bond motifs is 6. The number of aromatic amines is 1. The van der Waals surface area contributed by atoms with Crippen molar-refractivity contribution >= 4 is 71.8 Å². The Labute approximate surface area is 293 Å². The SMILES string of the molecule is CC(C)C(=O)Nc1nc2c(ncn2[C@@H]2O[C@@H]3COP(=S)(OCCC#N)OC[C@H](C)n4c(nc5cncnc54)COP(=O)(S)O[C@@H]2[C@@H]3F)c(=O)[nH]1. The fourth-order valence-corrected chi connectivity index (χ4v) is 8.36. The lowest BCUT2D eigenvalue weighted by Gasteiger charge is -2.26. The molecule has 2 aliphatic rings. The van der Waals surface area contributed by atoms with Crippen molar-refractivity contribution in [3.63, 3.8) is 0 Å². The third-order valence-corrected chi connectivity index (χ3v) is 11.5. The molecule has 2 N–H and O–H groups in total. The highest BCUT2D eigenvalue weighted by Gasteiger charge is 2.51. The first-order valence-corrected chi connectivity index (χ1v) is 20.3. The summed E-state index contributed by atoms with van der Waals surface area (Å²) in [6, 6.07) is 1.43. The summed E-state index contributed by atoms with van der Waals surface area (Å²) in [6.07, 6.45) is -2.72. The summed E-state index contributed by atoms with van der Waals surface area (Å²) in [7, 11) is 0. The number of H-pyrrole nitrogens is 1. The third kappa shape index (κ3) is 7.67. The van der Waals surface area contributed by atoms with Gasteiger partial charge in [0.15, 0.2) is 29.2 Å². The van der Waals surface area contributed by atoms with Crippen LogP contribution in [0.1, 0.15) is 45.3 Å². The maximum Gasteiger partial charge on any atom is 0.387 e. The molecule has 0 aliphatic carbocycles. The average Bonchev–Trinajstić information content (AvgIpc) is 3.75. The van der Waals surface area contributed by atoms with Crippen molar-refractivity contribution in [2.24, 2.45) is 5.92 Å². The number of carbonyl (C=O) groups excluding carboxylic acids is 1. The number of alkyl halides is 1. The Balaban J connectivity index is 1.39. The molecule has 19 nitrogen and oxygen atoms in total. The number of amides is 1. The standard InChI is InChI=1S/C26H31FN10O9P2S2/c1-13(2)23(38)34-26-33-22-19(24(39)35-26)31-12-36(22)25-20-18(27)16(45-25)9-44-48(50,41-6-4-5-28)43-8-14(3)37-17(10-42-47(40,49)46-20)32-15-7-29-11-30-21(15)37/h7,11-14,16,18,20,25H,4,6,8-10H2,1-3H3,(H,40,49)(H2,33,34,35,38,39)/t14-,16+,18+,20+,25+,47?,48?/m0/s1. The summed E-state index contributed by atoms with van der Waals surface area (Å²) in [4.78, 5) is 48.9. The van der Waals surface area contributed by atoms with Gasteiger partial charge in [-0.1, -0.05) is 26.1 Å². The quantitative estimate of drug-likeness (QED) is 0.145. The van der Waals surface area contributed by atoms with E-state index in [9.17, 15) is 14.2 Å². The van der Waals surface area contributed by atoms with E-state index in [4.69, 9.17) is 44.4 Å². The van der Waals surface area contributed by atoms with Gasteiger partial charge in [0, 0.05) is 5.92 Å². The van der Waals surface area contributed by atoms with E-state index in [1.165, 1.54) is 17.1 Å². The van der Waals surface area contributed by atoms with Gasteiger partial charge in [0.05, 0.1) is 50.9 Å². The minimum Gasteiger partial charge on any atom is -0.346 e. The number of anilines is 1. The Hall–Kier alpha value is -3.22. The Morgan fingerprint density at radius 3 is 2.82 bits per heavy atom. The summed E-state index contributed by atoms with van der Waals surface area (Å²) < 4.78 is 68.0. The first-order chi connectivity index (χ1) is 23.8. The smallest absolute Gasteiger partial charge is 0.346 e. The molecule has 6 rings (SSSR count). The van der Waals surface area contributed by atoms with E-state index in [0.29, 0.717) is 11.2 Å². The van der Waals surface area contributed by atoms with E-state index in [0.717, 1.165) is 6.33 Å². The summed E-state index contributed by atoms with van der Waals surface area (Å²) in [5, 5.41) is 11.6. The predicted molar refractivity (Wildman–Crippen MR) is 179 cm³/mol. The van der Waals surface area contributed by atoms with Crippen molar-refractivity contribution in [1.29, 1.82) is 5.26 Å². The van der Waals surface area contributed by atoms with Crippen LogP contribution in [-0.4, -0.2) is 83.1 Å². The molecule has 24 heteroatoms. The number of nitrogens with one attached hydrogen (secondary N) is 2. The molecule has 2 unspecified atom stereocenters. The van der Waals surface area contributed by atoms with Crippen molar-refractivity contribution in [3.8, 4) is 6.07 Å². The van der Waals surface area contributed by atoms with Gasteiger partial charge in [-0.3, -0.25) is 33.5 Å². The van der Waals surface area contributed by atoms with E-state index in [1.807, 2.05) is 6.07 Å². The fourth-order valence-electron chi connectivity index (χ4n) is 5.14. The van der Waals surface area contributed by atoms with E-state index in [1.54, 1.807) is 25.3 Å². The molecule has 4 aromatic heterocycles. The molecule has 4 aromatic rings. The lowest BCUT2D eigenvalue weighted by molar-refractivity contribution is -0.118. The molecule has 6 heterocycles. The average molecular weight is 773 g/mol. The predicted octanol–water partition coefficient (Wildman–Crippen LogP) is 3.49. The van der Waals surface area contributed by atoms with Gasteiger partial charge < -0.3 is 22.9 Å². The number of thiol groups is 1. The largest absolute Gasteiger partial charge is 0.387 e. The van der Waals surface area contributed by atoms with Crippen LogP contribution in [-0.2, 0) is 55.1 Å². The molecule has 0 saturated carbocycles. The number of ether oxygens (including phenoxy) is 1. The second-order valence-electron chi connectivity index (χ2n) is 11.5. The highest BCUT2D eigenvalue weighted by Crippen LogP contribution is 2.58. The molecule has 50 heavy (non-hydrogen) atoms. The van der Waals surface area contributed by atoms with Crippen LogP contribution in [0.5, 0.6) is 0 Å². The number of aromatic nitrogens is 8. The first-order valence-electron chi connectivity index (χ1n) is 15.1. The molecular formula is C26H31FN10O9P2S2. The lowest BCUT2D eigenvalue weighted by atomic mass is 10.1. The lowest BCUT2D eigenvalue weighted by Crippen LogP contribution is -2.32. The number of hydrogen-bond acceptors (Lipinski definition) is 16. The Kier molecular flexibility index (Phi) is 10.8. The van der Waals surface area contributed by atoms with Crippen LogP contribution in [0.2, 0.25) is 0 Å². The van der Waals surface area contributed by atoms with Crippen LogP contribution >= 0.6 is 25.8 Å². The van der Waals surface area contributed by atoms with Crippen molar-refractivity contribution < 1.29 is 41.1 Å². The highest BCUT2D eigenvalue weighted by molar-refractivity contribution is 8.44. The van der Waals surface area contributed by atoms with Crippen LogP contribution in [0.25, 0.3) is 22.3 Å². The normalized spacial score (nSPS) is 29.3. The monoisotopic (exact) mass is 772 g/mol. The number of imidazole rings is 2. The minimum atomic E-state index is -4.40. The number of carbonyl (C=O) groups is 1. The van der Waals surface area contributed by atoms with Gasteiger partial charge in [0.25, 0.3) is 5.56 Å². The number of nitriles is 1. The van der Waals surface area contributed by atoms with Crippen LogP contribution in [0.4, 0.5) is 10.3 Å². The molecule has 1 saturated heterocycles. The van der Waals surface area contributed by atoms with Gasteiger partial charge in [0.1, 0.15) is 36.5 Å². The zero-order valence-corrected chi connectivity index (χ0v) is 30.1.